The first-order valence-corrected chi connectivity index (χ1v) is 6.17. The Morgan fingerprint density at radius 1 is 1.59 bits per heavy atom. The number of tetrazole rings is 1. The second-order valence-electron chi connectivity index (χ2n) is 4.66. The summed E-state index contributed by atoms with van der Waals surface area (Å²) in [5.74, 6) is 0.714. The Labute approximate surface area is 101 Å². The Hall–Kier alpha value is -1.30. The molecule has 0 saturated carbocycles. The fourth-order valence-corrected chi connectivity index (χ4v) is 2.53. The fraction of sp³-hybridized carbons (Fsp3) is 0.818. The lowest BCUT2D eigenvalue weighted by molar-refractivity contribution is -0.124. The third kappa shape index (κ3) is 2.52. The molecule has 1 N–H and O–H groups in total. The number of carbonyl (C=O) groups excluding carboxylic acids is 1. The van der Waals surface area contributed by atoms with Crippen molar-refractivity contribution in [3.8, 4) is 0 Å². The van der Waals surface area contributed by atoms with Gasteiger partial charge in [0, 0.05) is 0 Å². The van der Waals surface area contributed by atoms with Gasteiger partial charge >= 0.3 is 0 Å². The van der Waals surface area contributed by atoms with E-state index in [0.29, 0.717) is 5.82 Å². The number of aromatic nitrogens is 4. The van der Waals surface area contributed by atoms with E-state index in [9.17, 15) is 4.79 Å². The molecule has 0 bridgehead atoms. The number of rotatable bonds is 5. The average Bonchev–Trinajstić information content (AvgIpc) is 2.89. The molecule has 2 rings (SSSR count). The Morgan fingerprint density at radius 3 is 2.94 bits per heavy atom. The summed E-state index contributed by atoms with van der Waals surface area (Å²) in [4.78, 5) is 13.7. The highest BCUT2D eigenvalue weighted by molar-refractivity contribution is 5.90. The lowest BCUT2D eigenvalue weighted by Gasteiger charge is -2.27. The molecule has 1 unspecified atom stereocenters. The van der Waals surface area contributed by atoms with Gasteiger partial charge in [-0.1, -0.05) is 13.3 Å². The molecule has 0 amide bonds. The lowest BCUT2D eigenvalue weighted by Crippen LogP contribution is -2.48. The van der Waals surface area contributed by atoms with Crippen molar-refractivity contribution in [2.45, 2.75) is 44.6 Å². The largest absolute Gasteiger partial charge is 0.305 e. The number of nitrogens with one attached hydrogen (secondary N) is 1. The number of hydrogen-bond acceptors (Lipinski definition) is 5. The SMILES string of the molecule is CCCC1(C(=O)Cc2nnn(C)n2)CCCN1. The van der Waals surface area contributed by atoms with Crippen molar-refractivity contribution >= 4 is 5.78 Å². The zero-order chi connectivity index (χ0) is 12.3. The summed E-state index contributed by atoms with van der Waals surface area (Å²) in [6.07, 6.45) is 4.18. The molecule has 1 fully saturated rings. The molecule has 1 aromatic rings. The van der Waals surface area contributed by atoms with Crippen LogP contribution in [0.15, 0.2) is 0 Å². The molecule has 94 valence electrons. The molecule has 6 heteroatoms. The number of carbonyl (C=O) groups is 1. The van der Waals surface area contributed by atoms with Crippen molar-refractivity contribution in [2.24, 2.45) is 7.05 Å². The lowest BCUT2D eigenvalue weighted by atomic mass is 9.85. The predicted octanol–water partition coefficient (Wildman–Crippen LogP) is 0.244. The summed E-state index contributed by atoms with van der Waals surface area (Å²) < 4.78 is 0. The van der Waals surface area contributed by atoms with Gasteiger partial charge in [0.25, 0.3) is 0 Å². The summed E-state index contributed by atoms with van der Waals surface area (Å²) in [7, 11) is 1.70. The minimum atomic E-state index is -0.339. The van der Waals surface area contributed by atoms with Crippen molar-refractivity contribution in [3.05, 3.63) is 5.82 Å². The predicted molar refractivity (Wildman–Crippen MR) is 62.4 cm³/mol. The van der Waals surface area contributed by atoms with E-state index in [-0.39, 0.29) is 17.7 Å². The minimum Gasteiger partial charge on any atom is -0.305 e. The van der Waals surface area contributed by atoms with Crippen molar-refractivity contribution in [1.82, 2.24) is 25.5 Å². The first-order valence-electron chi connectivity index (χ1n) is 6.17. The summed E-state index contributed by atoms with van der Waals surface area (Å²) in [5.41, 5.74) is -0.339. The van der Waals surface area contributed by atoms with Crippen molar-refractivity contribution in [2.75, 3.05) is 6.54 Å². The van der Waals surface area contributed by atoms with E-state index in [1.54, 1.807) is 7.05 Å². The highest BCUT2D eigenvalue weighted by atomic mass is 16.1. The highest BCUT2D eigenvalue weighted by Crippen LogP contribution is 2.26. The van der Waals surface area contributed by atoms with Crippen LogP contribution in [0.5, 0.6) is 0 Å². The molecule has 0 spiro atoms. The van der Waals surface area contributed by atoms with Gasteiger partial charge in [-0.2, -0.15) is 4.80 Å². The number of aryl methyl sites for hydroxylation is 1. The Kier molecular flexibility index (Phi) is 3.51. The van der Waals surface area contributed by atoms with Gasteiger partial charge in [-0.05, 0) is 31.0 Å². The molecule has 0 radical (unpaired) electrons. The smallest absolute Gasteiger partial charge is 0.182 e. The van der Waals surface area contributed by atoms with Crippen molar-refractivity contribution < 1.29 is 4.79 Å². The van der Waals surface area contributed by atoms with Gasteiger partial charge < -0.3 is 5.32 Å². The maximum atomic E-state index is 12.4. The molecule has 1 aliphatic heterocycles. The minimum absolute atomic E-state index is 0.199. The molecule has 0 aromatic carbocycles. The van der Waals surface area contributed by atoms with Gasteiger partial charge in [-0.15, -0.1) is 10.2 Å². The number of hydrogen-bond donors (Lipinski definition) is 1. The molecule has 17 heavy (non-hydrogen) atoms. The van der Waals surface area contributed by atoms with E-state index in [1.165, 1.54) is 4.80 Å². The average molecular weight is 237 g/mol. The van der Waals surface area contributed by atoms with E-state index in [4.69, 9.17) is 0 Å². The number of Topliss-reactive ketones (excluding diaryl/α,β-unsaturated/α-hetero) is 1. The third-order valence-electron chi connectivity index (χ3n) is 3.32. The van der Waals surface area contributed by atoms with Crippen LogP contribution in [-0.4, -0.2) is 38.1 Å². The molecule has 1 aliphatic rings. The van der Waals surface area contributed by atoms with E-state index in [2.05, 4.69) is 27.7 Å². The van der Waals surface area contributed by atoms with Gasteiger partial charge in [0.05, 0.1) is 19.0 Å². The summed E-state index contributed by atoms with van der Waals surface area (Å²) in [5, 5.41) is 15.0. The molecule has 1 aromatic heterocycles. The Bertz CT molecular complexity index is 394. The second kappa shape index (κ2) is 4.91. The highest BCUT2D eigenvalue weighted by Gasteiger charge is 2.39. The maximum absolute atomic E-state index is 12.4. The Morgan fingerprint density at radius 2 is 2.41 bits per heavy atom. The summed E-state index contributed by atoms with van der Waals surface area (Å²) >= 11 is 0. The fourth-order valence-electron chi connectivity index (χ4n) is 2.53. The molecule has 1 saturated heterocycles. The zero-order valence-corrected chi connectivity index (χ0v) is 10.4. The molecule has 0 aliphatic carbocycles. The first kappa shape index (κ1) is 12.2. The van der Waals surface area contributed by atoms with Crippen LogP contribution < -0.4 is 5.32 Å². The van der Waals surface area contributed by atoms with Gasteiger partial charge in [-0.25, -0.2) is 0 Å². The van der Waals surface area contributed by atoms with Crippen LogP contribution in [0.3, 0.4) is 0 Å². The van der Waals surface area contributed by atoms with Gasteiger partial charge in [0.1, 0.15) is 0 Å². The van der Waals surface area contributed by atoms with Crippen LogP contribution in [0.4, 0.5) is 0 Å². The molecular formula is C11H19N5O. The van der Waals surface area contributed by atoms with Gasteiger partial charge in [-0.3, -0.25) is 4.79 Å². The van der Waals surface area contributed by atoms with E-state index in [0.717, 1.165) is 32.2 Å². The van der Waals surface area contributed by atoms with E-state index >= 15 is 0 Å². The number of ketones is 1. The molecule has 2 heterocycles. The quantitative estimate of drug-likeness (QED) is 0.794. The van der Waals surface area contributed by atoms with Crippen LogP contribution in [0.25, 0.3) is 0 Å². The summed E-state index contributed by atoms with van der Waals surface area (Å²) in [6, 6.07) is 0. The van der Waals surface area contributed by atoms with E-state index < -0.39 is 0 Å². The standard InChI is InChI=1S/C11H19N5O/c1-3-5-11(6-4-7-12-11)9(17)8-10-13-15-16(2)14-10/h12H,3-8H2,1-2H3. The zero-order valence-electron chi connectivity index (χ0n) is 10.4. The normalized spacial score (nSPS) is 24.1. The first-order chi connectivity index (χ1) is 8.16. The second-order valence-corrected chi connectivity index (χ2v) is 4.66. The maximum Gasteiger partial charge on any atom is 0.182 e. The van der Waals surface area contributed by atoms with Crippen LogP contribution in [0.2, 0.25) is 0 Å². The Balaban J connectivity index is 2.06. The summed E-state index contributed by atoms with van der Waals surface area (Å²) in [6.45, 7) is 3.04. The topological polar surface area (TPSA) is 72.7 Å². The van der Waals surface area contributed by atoms with Gasteiger partial charge in [0.2, 0.25) is 0 Å². The van der Waals surface area contributed by atoms with Crippen molar-refractivity contribution in [3.63, 3.8) is 0 Å². The van der Waals surface area contributed by atoms with E-state index in [1.807, 2.05) is 0 Å². The molecule has 6 nitrogen and oxygen atoms in total. The van der Waals surface area contributed by atoms with Crippen LogP contribution in [0.1, 0.15) is 38.4 Å². The van der Waals surface area contributed by atoms with Gasteiger partial charge in [0.15, 0.2) is 11.6 Å². The van der Waals surface area contributed by atoms with Crippen molar-refractivity contribution in [1.29, 1.82) is 0 Å². The molecule has 1 atom stereocenters. The molecular weight excluding hydrogens is 218 g/mol. The number of nitrogens with zero attached hydrogens (tertiary/aromatic N) is 4. The van der Waals surface area contributed by atoms with Crippen LogP contribution in [0, 0.1) is 0 Å². The monoisotopic (exact) mass is 237 g/mol. The van der Waals surface area contributed by atoms with Crippen LogP contribution >= 0.6 is 0 Å². The van der Waals surface area contributed by atoms with Crippen LogP contribution in [-0.2, 0) is 18.3 Å². The third-order valence-corrected chi connectivity index (χ3v) is 3.32.